The van der Waals surface area contributed by atoms with Crippen molar-refractivity contribution in [3.8, 4) is 5.75 Å². The number of halogens is 3. The lowest BCUT2D eigenvalue weighted by Gasteiger charge is -2.12. The lowest BCUT2D eigenvalue weighted by atomic mass is 10.1. The van der Waals surface area contributed by atoms with Crippen LogP contribution in [0.1, 0.15) is 11.6 Å². The smallest absolute Gasteiger partial charge is 0.137 e. The van der Waals surface area contributed by atoms with Crippen LogP contribution in [0.3, 0.4) is 0 Å². The van der Waals surface area contributed by atoms with E-state index < -0.39 is 18.5 Å². The third-order valence-electron chi connectivity index (χ3n) is 1.68. The Morgan fingerprint density at radius 2 is 2.07 bits per heavy atom. The van der Waals surface area contributed by atoms with Gasteiger partial charge in [0.15, 0.2) is 0 Å². The molecule has 4 N–H and O–H groups in total. The first kappa shape index (κ1) is 13.6. The van der Waals surface area contributed by atoms with Gasteiger partial charge in [-0.3, -0.25) is 0 Å². The predicted molar refractivity (Wildman–Crippen MR) is 57.0 cm³/mol. The van der Waals surface area contributed by atoms with E-state index in [4.69, 9.17) is 10.8 Å². The van der Waals surface area contributed by atoms with Crippen LogP contribution in [0.15, 0.2) is 16.6 Å². The Morgan fingerprint density at radius 1 is 1.50 bits per heavy atom. The highest BCUT2D eigenvalue weighted by molar-refractivity contribution is 9.10. The Labute approximate surface area is 95.3 Å². The molecule has 0 saturated carbocycles. The molecule has 1 atom stereocenters. The molecule has 3 nitrogen and oxygen atoms in total. The zero-order valence-corrected chi connectivity index (χ0v) is 9.48. The molecule has 0 unspecified atom stereocenters. The molecule has 0 aliphatic heterocycles. The monoisotopic (exact) mass is 285 g/mol. The first-order valence-electron chi connectivity index (χ1n) is 3.61. The number of hydrogen-bond donors (Lipinski definition) is 3. The molecule has 0 heterocycles. The van der Waals surface area contributed by atoms with Crippen molar-refractivity contribution in [2.24, 2.45) is 5.73 Å². The predicted octanol–water partition coefficient (Wildman–Crippen LogP) is 1.71. The first-order valence-corrected chi connectivity index (χ1v) is 4.40. The van der Waals surface area contributed by atoms with E-state index in [1.54, 1.807) is 0 Å². The van der Waals surface area contributed by atoms with Crippen LogP contribution in [0.25, 0.3) is 0 Å². The van der Waals surface area contributed by atoms with Crippen molar-refractivity contribution in [3.63, 3.8) is 0 Å². The van der Waals surface area contributed by atoms with Crippen LogP contribution in [0.2, 0.25) is 0 Å². The highest BCUT2D eigenvalue weighted by Crippen LogP contribution is 2.32. The minimum absolute atomic E-state index is 0. The fourth-order valence-electron chi connectivity index (χ4n) is 1.00. The lowest BCUT2D eigenvalue weighted by Crippen LogP contribution is -2.16. The number of phenols is 1. The van der Waals surface area contributed by atoms with Gasteiger partial charge in [-0.05, 0) is 28.1 Å². The van der Waals surface area contributed by atoms with Crippen molar-refractivity contribution in [2.75, 3.05) is 6.61 Å². The second-order valence-corrected chi connectivity index (χ2v) is 3.43. The minimum Gasteiger partial charge on any atom is -0.506 e. The minimum atomic E-state index is -0.905. The van der Waals surface area contributed by atoms with Crippen LogP contribution in [0, 0.1) is 5.82 Å². The van der Waals surface area contributed by atoms with Crippen molar-refractivity contribution in [3.05, 3.63) is 28.0 Å². The summed E-state index contributed by atoms with van der Waals surface area (Å²) in [6, 6.07) is 1.64. The van der Waals surface area contributed by atoms with Crippen LogP contribution < -0.4 is 5.73 Å². The number of aromatic hydroxyl groups is 1. The molecular formula is C8H10BrClFNO2. The summed E-state index contributed by atoms with van der Waals surface area (Å²) < 4.78 is 13.5. The Balaban J connectivity index is 0.00000169. The summed E-state index contributed by atoms with van der Waals surface area (Å²) in [5, 5.41) is 18.1. The van der Waals surface area contributed by atoms with Gasteiger partial charge in [0, 0.05) is 5.56 Å². The molecule has 0 amide bonds. The zero-order valence-electron chi connectivity index (χ0n) is 7.08. The number of nitrogens with two attached hydrogens (primary N) is 1. The molecule has 0 aromatic heterocycles. The molecule has 0 bridgehead atoms. The SMILES string of the molecule is Cl.N[C@H](CO)c1c(F)ccc(Br)c1O. The fourth-order valence-corrected chi connectivity index (χ4v) is 1.35. The molecule has 1 aromatic rings. The number of hydrogen-bond acceptors (Lipinski definition) is 3. The van der Waals surface area contributed by atoms with Gasteiger partial charge in [-0.25, -0.2) is 4.39 Å². The van der Waals surface area contributed by atoms with Crippen molar-refractivity contribution in [1.82, 2.24) is 0 Å². The average Bonchev–Trinajstić information content (AvgIpc) is 2.12. The number of phenolic OH excluding ortho intramolecular Hbond substituents is 1. The molecule has 80 valence electrons. The summed E-state index contributed by atoms with van der Waals surface area (Å²) in [6.07, 6.45) is 0. The third kappa shape index (κ3) is 2.57. The molecule has 1 aromatic carbocycles. The molecule has 1 rings (SSSR count). The van der Waals surface area contributed by atoms with Gasteiger partial charge in [-0.15, -0.1) is 12.4 Å². The van der Waals surface area contributed by atoms with Gasteiger partial charge in [0.05, 0.1) is 17.1 Å². The van der Waals surface area contributed by atoms with Crippen LogP contribution >= 0.6 is 28.3 Å². The van der Waals surface area contributed by atoms with Crippen molar-refractivity contribution < 1.29 is 14.6 Å². The molecule has 0 aliphatic rings. The van der Waals surface area contributed by atoms with Crippen molar-refractivity contribution in [2.45, 2.75) is 6.04 Å². The van der Waals surface area contributed by atoms with E-state index in [-0.39, 0.29) is 23.7 Å². The van der Waals surface area contributed by atoms with Crippen molar-refractivity contribution >= 4 is 28.3 Å². The maximum absolute atomic E-state index is 13.1. The molecule has 0 spiro atoms. The van der Waals surface area contributed by atoms with Gasteiger partial charge in [0.1, 0.15) is 11.6 Å². The van der Waals surface area contributed by atoms with E-state index in [0.29, 0.717) is 4.47 Å². The lowest BCUT2D eigenvalue weighted by molar-refractivity contribution is 0.262. The van der Waals surface area contributed by atoms with Crippen LogP contribution in [0.5, 0.6) is 5.75 Å². The second-order valence-electron chi connectivity index (χ2n) is 2.58. The van der Waals surface area contributed by atoms with E-state index in [1.165, 1.54) is 12.1 Å². The highest BCUT2D eigenvalue weighted by atomic mass is 79.9. The van der Waals surface area contributed by atoms with E-state index in [2.05, 4.69) is 15.9 Å². The number of rotatable bonds is 2. The zero-order chi connectivity index (χ0) is 10.0. The van der Waals surface area contributed by atoms with Gasteiger partial charge in [0.2, 0.25) is 0 Å². The average molecular weight is 287 g/mol. The second kappa shape index (κ2) is 5.50. The van der Waals surface area contributed by atoms with E-state index in [9.17, 15) is 9.50 Å². The van der Waals surface area contributed by atoms with Gasteiger partial charge < -0.3 is 15.9 Å². The Morgan fingerprint density at radius 3 is 2.57 bits per heavy atom. The summed E-state index contributed by atoms with van der Waals surface area (Å²) in [5.74, 6) is -0.885. The number of benzene rings is 1. The normalized spacial score (nSPS) is 12.0. The molecule has 0 saturated heterocycles. The van der Waals surface area contributed by atoms with E-state index >= 15 is 0 Å². The Hall–Kier alpha value is -0.360. The summed E-state index contributed by atoms with van der Waals surface area (Å²) in [5.41, 5.74) is 5.32. The van der Waals surface area contributed by atoms with Gasteiger partial charge in [-0.2, -0.15) is 0 Å². The topological polar surface area (TPSA) is 66.5 Å². The van der Waals surface area contributed by atoms with Crippen molar-refractivity contribution in [1.29, 1.82) is 0 Å². The van der Waals surface area contributed by atoms with E-state index in [0.717, 1.165) is 0 Å². The van der Waals surface area contributed by atoms with Crippen LogP contribution in [0.4, 0.5) is 4.39 Å². The number of aliphatic hydroxyl groups is 1. The van der Waals surface area contributed by atoms with Crippen LogP contribution in [-0.4, -0.2) is 16.8 Å². The molecule has 0 fully saturated rings. The largest absolute Gasteiger partial charge is 0.506 e. The molecule has 6 heteroatoms. The van der Waals surface area contributed by atoms with Gasteiger partial charge >= 0.3 is 0 Å². The summed E-state index contributed by atoms with van der Waals surface area (Å²) in [7, 11) is 0. The summed E-state index contributed by atoms with van der Waals surface area (Å²) in [4.78, 5) is 0. The summed E-state index contributed by atoms with van der Waals surface area (Å²) in [6.45, 7) is -0.416. The maximum Gasteiger partial charge on any atom is 0.137 e. The van der Waals surface area contributed by atoms with E-state index in [1.807, 2.05) is 0 Å². The van der Waals surface area contributed by atoms with Gasteiger partial charge in [-0.1, -0.05) is 0 Å². The molecule has 0 aliphatic carbocycles. The quantitative estimate of drug-likeness (QED) is 0.775. The highest BCUT2D eigenvalue weighted by Gasteiger charge is 2.17. The third-order valence-corrected chi connectivity index (χ3v) is 2.32. The van der Waals surface area contributed by atoms with Gasteiger partial charge in [0.25, 0.3) is 0 Å². The standard InChI is InChI=1S/C8H9BrFNO2.ClH/c9-4-1-2-5(10)7(8(4)13)6(11)3-12;/h1-2,6,12-13H,3,11H2;1H/t6-;/m1./s1. The molecule has 0 radical (unpaired) electrons. The molecular weight excluding hydrogens is 276 g/mol. The Bertz CT molecular complexity index is 324. The molecule has 14 heavy (non-hydrogen) atoms. The summed E-state index contributed by atoms with van der Waals surface area (Å²) >= 11 is 3.02. The maximum atomic E-state index is 13.1. The Kier molecular flexibility index (Phi) is 5.36. The number of aliphatic hydroxyl groups excluding tert-OH is 1. The van der Waals surface area contributed by atoms with Crippen LogP contribution in [-0.2, 0) is 0 Å². The first-order chi connectivity index (χ1) is 6.07. The fraction of sp³-hybridized carbons (Fsp3) is 0.250.